The molecule has 0 spiro atoms. The second-order valence-corrected chi connectivity index (χ2v) is 7.34. The van der Waals surface area contributed by atoms with Gasteiger partial charge in [-0.3, -0.25) is 0 Å². The summed E-state index contributed by atoms with van der Waals surface area (Å²) >= 11 is 1.90. The lowest BCUT2D eigenvalue weighted by molar-refractivity contribution is 0.167. The lowest BCUT2D eigenvalue weighted by Crippen LogP contribution is -2.46. The van der Waals surface area contributed by atoms with E-state index in [-0.39, 0.29) is 0 Å². The summed E-state index contributed by atoms with van der Waals surface area (Å²) in [6.45, 7) is 7.80. The Kier molecular flexibility index (Phi) is 4.29. The molecule has 1 fully saturated rings. The number of likely N-dealkylation sites (N-methyl/N-ethyl adjacent to an activating group) is 1. The van der Waals surface area contributed by atoms with Gasteiger partial charge in [0.15, 0.2) is 0 Å². The molecule has 3 heterocycles. The molecule has 4 rings (SSSR count). The average molecular weight is 341 g/mol. The number of aromatic hydroxyl groups is 1. The minimum atomic E-state index is 0.305. The van der Waals surface area contributed by atoms with Gasteiger partial charge in [0.2, 0.25) is 0 Å². The number of allylic oxidation sites excluding steroid dienone is 1. The van der Waals surface area contributed by atoms with Crippen LogP contribution in [0.25, 0.3) is 0 Å². The highest BCUT2D eigenvalue weighted by Gasteiger charge is 2.28. The third-order valence-electron chi connectivity index (χ3n) is 4.89. The Balaban J connectivity index is 1.62. The molecule has 0 bridgehead atoms. The molecule has 24 heavy (non-hydrogen) atoms. The van der Waals surface area contributed by atoms with Crippen LogP contribution in [0.1, 0.15) is 6.92 Å². The fraction of sp³-hybridized carbons (Fsp3) is 0.368. The molecule has 0 radical (unpaired) electrons. The number of benzene rings is 1. The fourth-order valence-electron chi connectivity index (χ4n) is 3.43. The number of hydrogen-bond acceptors (Lipinski definition) is 5. The van der Waals surface area contributed by atoms with Gasteiger partial charge in [-0.25, -0.2) is 0 Å². The van der Waals surface area contributed by atoms with Crippen molar-refractivity contribution in [2.24, 2.45) is 0 Å². The summed E-state index contributed by atoms with van der Waals surface area (Å²) in [6.07, 6.45) is 6.81. The molecule has 4 nitrogen and oxygen atoms in total. The van der Waals surface area contributed by atoms with Gasteiger partial charge in [-0.1, -0.05) is 13.0 Å². The summed E-state index contributed by atoms with van der Waals surface area (Å²) in [6, 6.07) is 7.41. The van der Waals surface area contributed by atoms with Crippen LogP contribution in [0.2, 0.25) is 0 Å². The van der Waals surface area contributed by atoms with Gasteiger partial charge in [0.25, 0.3) is 0 Å². The molecule has 1 saturated heterocycles. The van der Waals surface area contributed by atoms with Crippen molar-refractivity contribution in [3.63, 3.8) is 0 Å². The monoisotopic (exact) mass is 341 g/mol. The van der Waals surface area contributed by atoms with Gasteiger partial charge in [-0.05, 0) is 30.8 Å². The maximum Gasteiger partial charge on any atom is 0.115 e. The second-order valence-electron chi connectivity index (χ2n) is 6.28. The van der Waals surface area contributed by atoms with Crippen molar-refractivity contribution in [2.45, 2.75) is 6.92 Å². The van der Waals surface area contributed by atoms with Crippen molar-refractivity contribution < 1.29 is 5.11 Å². The van der Waals surface area contributed by atoms with Crippen LogP contribution in [0, 0.1) is 0 Å². The first-order chi connectivity index (χ1) is 11.7. The van der Waals surface area contributed by atoms with Crippen molar-refractivity contribution >= 4 is 17.4 Å². The van der Waals surface area contributed by atoms with E-state index in [1.165, 1.54) is 16.2 Å². The number of fused-ring (bicyclic) bond motifs is 1. The Bertz CT molecular complexity index is 700. The van der Waals surface area contributed by atoms with Crippen LogP contribution in [-0.2, 0) is 0 Å². The third-order valence-corrected chi connectivity index (χ3v) is 5.86. The van der Waals surface area contributed by atoms with Crippen LogP contribution in [-0.4, -0.2) is 53.4 Å². The zero-order valence-electron chi connectivity index (χ0n) is 14.0. The number of anilines is 1. The zero-order chi connectivity index (χ0) is 16.5. The van der Waals surface area contributed by atoms with Gasteiger partial charge in [0.1, 0.15) is 5.75 Å². The van der Waals surface area contributed by atoms with E-state index in [1.54, 1.807) is 12.1 Å². The van der Waals surface area contributed by atoms with Gasteiger partial charge in [0, 0.05) is 60.5 Å². The van der Waals surface area contributed by atoms with E-state index >= 15 is 0 Å². The van der Waals surface area contributed by atoms with Crippen molar-refractivity contribution in [1.29, 1.82) is 0 Å². The van der Waals surface area contributed by atoms with E-state index in [1.807, 2.05) is 23.9 Å². The highest BCUT2D eigenvalue weighted by molar-refractivity contribution is 8.03. The van der Waals surface area contributed by atoms with Gasteiger partial charge in [0.05, 0.1) is 5.70 Å². The molecule has 126 valence electrons. The topological polar surface area (TPSA) is 30.0 Å². The van der Waals surface area contributed by atoms with Crippen molar-refractivity contribution in [3.05, 3.63) is 58.9 Å². The predicted molar refractivity (Wildman–Crippen MR) is 101 cm³/mol. The van der Waals surface area contributed by atoms with Crippen LogP contribution in [0.4, 0.5) is 5.69 Å². The molecule has 5 heteroatoms. The molecule has 1 aromatic carbocycles. The van der Waals surface area contributed by atoms with Gasteiger partial charge < -0.3 is 19.8 Å². The first-order valence-corrected chi connectivity index (χ1v) is 9.55. The summed E-state index contributed by atoms with van der Waals surface area (Å²) < 4.78 is 0. The lowest BCUT2D eigenvalue weighted by Gasteiger charge is -2.39. The van der Waals surface area contributed by atoms with E-state index in [0.29, 0.717) is 5.75 Å². The average Bonchev–Trinajstić information content (AvgIpc) is 3.10. The molecular weight excluding hydrogens is 318 g/mol. The minimum absolute atomic E-state index is 0.305. The molecule has 0 amide bonds. The number of rotatable bonds is 3. The summed E-state index contributed by atoms with van der Waals surface area (Å²) in [7, 11) is 0. The summed E-state index contributed by atoms with van der Waals surface area (Å²) in [5.41, 5.74) is 3.80. The number of nitrogens with zero attached hydrogens (tertiary/aromatic N) is 3. The Labute approximate surface area is 147 Å². The second kappa shape index (κ2) is 6.57. The number of piperazine rings is 1. The molecule has 0 aliphatic carbocycles. The lowest BCUT2D eigenvalue weighted by atomic mass is 10.1. The molecule has 3 aliphatic rings. The zero-order valence-corrected chi connectivity index (χ0v) is 14.8. The van der Waals surface area contributed by atoms with Crippen LogP contribution < -0.4 is 4.90 Å². The van der Waals surface area contributed by atoms with E-state index < -0.39 is 0 Å². The van der Waals surface area contributed by atoms with Crippen molar-refractivity contribution in [3.8, 4) is 5.75 Å². The quantitative estimate of drug-likeness (QED) is 0.912. The maximum atomic E-state index is 9.53. The molecule has 0 aromatic heterocycles. The normalized spacial score (nSPS) is 21.3. The smallest absolute Gasteiger partial charge is 0.115 e. The first kappa shape index (κ1) is 15.7. The van der Waals surface area contributed by atoms with E-state index in [0.717, 1.165) is 44.2 Å². The number of phenolic OH excluding ortho intramolecular Hbond substituents is 1. The highest BCUT2D eigenvalue weighted by atomic mass is 32.2. The van der Waals surface area contributed by atoms with Crippen molar-refractivity contribution in [2.75, 3.05) is 43.4 Å². The highest BCUT2D eigenvalue weighted by Crippen LogP contribution is 2.41. The van der Waals surface area contributed by atoms with E-state index in [9.17, 15) is 5.11 Å². The maximum absolute atomic E-state index is 9.53. The molecule has 0 saturated carbocycles. The van der Waals surface area contributed by atoms with E-state index in [4.69, 9.17) is 0 Å². The van der Waals surface area contributed by atoms with Crippen LogP contribution in [0.3, 0.4) is 0 Å². The summed E-state index contributed by atoms with van der Waals surface area (Å²) in [5.74, 6) is 1.36. The summed E-state index contributed by atoms with van der Waals surface area (Å²) in [4.78, 5) is 8.56. The Morgan fingerprint density at radius 2 is 1.79 bits per heavy atom. The van der Waals surface area contributed by atoms with Crippen LogP contribution in [0.15, 0.2) is 58.9 Å². The molecule has 0 unspecified atom stereocenters. The van der Waals surface area contributed by atoms with Gasteiger partial charge >= 0.3 is 0 Å². The first-order valence-electron chi connectivity index (χ1n) is 8.56. The van der Waals surface area contributed by atoms with Gasteiger partial charge in [-0.2, -0.15) is 0 Å². The van der Waals surface area contributed by atoms with Crippen LogP contribution >= 0.6 is 11.8 Å². The number of hydrogen-bond donors (Lipinski definition) is 1. The standard InChI is InChI=1S/C19H23N3OS/c1-2-20-8-10-21(11-9-20)18-13-22(14-19-17(18)7-12-24-19)15-3-5-16(23)6-4-15/h3-7,13-14,23H,2,8-12H2,1H3. The fourth-order valence-corrected chi connectivity index (χ4v) is 4.39. The number of thioether (sulfide) groups is 1. The molecule has 1 aromatic rings. The predicted octanol–water partition coefficient (Wildman–Crippen LogP) is 3.21. The molecule has 3 aliphatic heterocycles. The molecule has 0 atom stereocenters. The SMILES string of the molecule is CCN1CCN(C2=CN(c3ccc(O)cc3)C=C3SCC=C32)CC1. The van der Waals surface area contributed by atoms with E-state index in [2.05, 4.69) is 40.1 Å². The van der Waals surface area contributed by atoms with Crippen LogP contribution in [0.5, 0.6) is 5.75 Å². The number of phenols is 1. The summed E-state index contributed by atoms with van der Waals surface area (Å²) in [5, 5.41) is 9.53. The Morgan fingerprint density at radius 3 is 2.50 bits per heavy atom. The Morgan fingerprint density at radius 1 is 1.04 bits per heavy atom. The largest absolute Gasteiger partial charge is 0.508 e. The molecular formula is C19H23N3OS. The Hall–Kier alpha value is -1.85. The third kappa shape index (κ3) is 2.94. The minimum Gasteiger partial charge on any atom is -0.508 e. The molecule has 1 N–H and O–H groups in total. The van der Waals surface area contributed by atoms with Crippen molar-refractivity contribution in [1.82, 2.24) is 9.80 Å². The van der Waals surface area contributed by atoms with Gasteiger partial charge in [-0.15, -0.1) is 11.8 Å².